The van der Waals surface area contributed by atoms with Crippen LogP contribution >= 0.6 is 11.6 Å². The molecular weight excluding hydrogens is 330 g/mol. The summed E-state index contributed by atoms with van der Waals surface area (Å²) < 4.78 is 5.71. The summed E-state index contributed by atoms with van der Waals surface area (Å²) >= 11 is 6.28. The van der Waals surface area contributed by atoms with Gasteiger partial charge in [0.2, 0.25) is 0 Å². The minimum Gasteiger partial charge on any atom is -0.456 e. The van der Waals surface area contributed by atoms with Crippen molar-refractivity contribution >= 4 is 34.4 Å². The van der Waals surface area contributed by atoms with Crippen LogP contribution in [0.15, 0.2) is 47.7 Å². The lowest BCUT2D eigenvalue weighted by atomic mass is 10.2. The van der Waals surface area contributed by atoms with Crippen LogP contribution in [0.4, 0.5) is 0 Å². The van der Waals surface area contributed by atoms with Gasteiger partial charge in [-0.15, -0.1) is 0 Å². The zero-order valence-corrected chi connectivity index (χ0v) is 13.5. The second-order valence-electron chi connectivity index (χ2n) is 4.90. The SMILES string of the molecule is CN=C(N)NC(=O)c1cc2c(Cl)cc(Oc3cccnc3)cc2[nH]1. The molecule has 0 unspecified atom stereocenters. The fraction of sp³-hybridized carbons (Fsp3) is 0.0625. The number of nitrogens with two attached hydrogens (primary N) is 1. The summed E-state index contributed by atoms with van der Waals surface area (Å²) in [5, 5.41) is 3.61. The number of rotatable bonds is 3. The third-order valence-electron chi connectivity index (χ3n) is 3.26. The molecule has 0 bridgehead atoms. The van der Waals surface area contributed by atoms with Crippen LogP contribution in [-0.2, 0) is 0 Å². The Labute approximate surface area is 142 Å². The number of H-pyrrole nitrogens is 1. The van der Waals surface area contributed by atoms with Crippen molar-refractivity contribution in [1.29, 1.82) is 0 Å². The molecule has 122 valence electrons. The van der Waals surface area contributed by atoms with Gasteiger partial charge in [0, 0.05) is 30.8 Å². The molecule has 4 N–H and O–H groups in total. The summed E-state index contributed by atoms with van der Waals surface area (Å²) in [6.45, 7) is 0. The van der Waals surface area contributed by atoms with Crippen LogP contribution in [0.2, 0.25) is 5.02 Å². The van der Waals surface area contributed by atoms with Crippen molar-refractivity contribution in [3.8, 4) is 11.5 Å². The number of carbonyl (C=O) groups excluding carboxylic acids is 1. The Balaban J connectivity index is 1.92. The number of pyridine rings is 1. The van der Waals surface area contributed by atoms with Crippen molar-refractivity contribution in [2.24, 2.45) is 10.7 Å². The van der Waals surface area contributed by atoms with E-state index >= 15 is 0 Å². The number of nitrogens with one attached hydrogen (secondary N) is 2. The molecule has 0 aliphatic heterocycles. The number of hydrogen-bond acceptors (Lipinski definition) is 4. The first kappa shape index (κ1) is 15.8. The van der Waals surface area contributed by atoms with Crippen LogP contribution in [0.1, 0.15) is 10.5 Å². The fourth-order valence-corrected chi connectivity index (χ4v) is 2.40. The first-order valence-electron chi connectivity index (χ1n) is 7.00. The Hall–Kier alpha value is -3.06. The highest BCUT2D eigenvalue weighted by atomic mass is 35.5. The maximum atomic E-state index is 12.1. The van der Waals surface area contributed by atoms with E-state index in [4.69, 9.17) is 22.1 Å². The summed E-state index contributed by atoms with van der Waals surface area (Å²) in [6, 6.07) is 8.62. The van der Waals surface area contributed by atoms with Crippen molar-refractivity contribution in [1.82, 2.24) is 15.3 Å². The molecule has 0 aliphatic carbocycles. The lowest BCUT2D eigenvalue weighted by Gasteiger charge is -2.05. The molecule has 8 heteroatoms. The second-order valence-corrected chi connectivity index (χ2v) is 5.31. The summed E-state index contributed by atoms with van der Waals surface area (Å²) in [7, 11) is 1.49. The number of aromatic nitrogens is 2. The molecule has 0 saturated heterocycles. The molecule has 0 spiro atoms. The van der Waals surface area contributed by atoms with E-state index in [2.05, 4.69) is 20.3 Å². The van der Waals surface area contributed by atoms with Gasteiger partial charge in [0.15, 0.2) is 5.96 Å². The van der Waals surface area contributed by atoms with Gasteiger partial charge >= 0.3 is 0 Å². The van der Waals surface area contributed by atoms with Gasteiger partial charge in [-0.2, -0.15) is 0 Å². The van der Waals surface area contributed by atoms with E-state index in [-0.39, 0.29) is 5.96 Å². The molecule has 3 aromatic rings. The molecule has 0 atom stereocenters. The Morgan fingerprint density at radius 2 is 2.21 bits per heavy atom. The van der Waals surface area contributed by atoms with E-state index in [0.29, 0.717) is 33.1 Å². The van der Waals surface area contributed by atoms with Gasteiger partial charge in [-0.25, -0.2) is 0 Å². The molecule has 0 saturated carbocycles. The third-order valence-corrected chi connectivity index (χ3v) is 3.57. The molecule has 1 aromatic carbocycles. The number of nitrogens with zero attached hydrogens (tertiary/aromatic N) is 2. The Morgan fingerprint density at radius 1 is 1.38 bits per heavy atom. The lowest BCUT2D eigenvalue weighted by Crippen LogP contribution is -2.36. The number of fused-ring (bicyclic) bond motifs is 1. The number of guanidine groups is 1. The van der Waals surface area contributed by atoms with E-state index in [1.165, 1.54) is 7.05 Å². The largest absolute Gasteiger partial charge is 0.456 e. The Kier molecular flexibility index (Phi) is 4.35. The fourth-order valence-electron chi connectivity index (χ4n) is 2.13. The van der Waals surface area contributed by atoms with Crippen LogP contribution in [-0.4, -0.2) is 28.9 Å². The highest BCUT2D eigenvalue weighted by Gasteiger charge is 2.13. The molecule has 1 amide bonds. The molecular formula is C16H14ClN5O2. The quantitative estimate of drug-likeness (QED) is 0.502. The van der Waals surface area contributed by atoms with Crippen molar-refractivity contribution in [2.45, 2.75) is 0 Å². The van der Waals surface area contributed by atoms with E-state index in [1.807, 2.05) is 0 Å². The highest BCUT2D eigenvalue weighted by Crippen LogP contribution is 2.31. The van der Waals surface area contributed by atoms with Crippen molar-refractivity contribution in [2.75, 3.05) is 7.05 Å². The number of halogens is 1. The minimum atomic E-state index is -0.403. The highest BCUT2D eigenvalue weighted by molar-refractivity contribution is 6.35. The summed E-state index contributed by atoms with van der Waals surface area (Å²) in [6.07, 6.45) is 3.25. The molecule has 0 aliphatic rings. The molecule has 3 rings (SSSR count). The van der Waals surface area contributed by atoms with Gasteiger partial charge in [0.05, 0.1) is 16.7 Å². The predicted octanol–water partition coefficient (Wildman–Crippen LogP) is 2.68. The number of benzene rings is 1. The predicted molar refractivity (Wildman–Crippen MR) is 92.6 cm³/mol. The first-order chi connectivity index (χ1) is 11.6. The second kappa shape index (κ2) is 6.59. The smallest absolute Gasteiger partial charge is 0.274 e. The number of amides is 1. The average Bonchev–Trinajstić information content (AvgIpc) is 3.00. The van der Waals surface area contributed by atoms with Crippen LogP contribution < -0.4 is 15.8 Å². The maximum Gasteiger partial charge on any atom is 0.274 e. The van der Waals surface area contributed by atoms with E-state index in [9.17, 15) is 4.79 Å². The minimum absolute atomic E-state index is 0.0327. The normalized spacial score (nSPS) is 11.5. The van der Waals surface area contributed by atoms with Gasteiger partial charge in [0.25, 0.3) is 5.91 Å². The van der Waals surface area contributed by atoms with Gasteiger partial charge < -0.3 is 15.5 Å². The van der Waals surface area contributed by atoms with E-state index < -0.39 is 5.91 Å². The molecule has 0 fully saturated rings. The Morgan fingerprint density at radius 3 is 2.92 bits per heavy atom. The zero-order chi connectivity index (χ0) is 17.1. The summed E-state index contributed by atoms with van der Waals surface area (Å²) in [5.74, 6) is 0.749. The van der Waals surface area contributed by atoms with Crippen molar-refractivity contribution < 1.29 is 9.53 Å². The number of aromatic amines is 1. The maximum absolute atomic E-state index is 12.1. The standard InChI is InChI=1S/C16H14ClN5O2/c1-19-16(18)22-15(23)14-7-11-12(17)5-10(6-13(11)21-14)24-9-3-2-4-20-8-9/h2-8,21H,1H3,(H3,18,19,22,23). The number of hydrogen-bond donors (Lipinski definition) is 3. The van der Waals surface area contributed by atoms with Crippen molar-refractivity contribution in [3.05, 3.63) is 53.4 Å². The van der Waals surface area contributed by atoms with Crippen LogP contribution in [0.5, 0.6) is 11.5 Å². The monoisotopic (exact) mass is 343 g/mol. The first-order valence-corrected chi connectivity index (χ1v) is 7.38. The topological polar surface area (TPSA) is 105 Å². The van der Waals surface area contributed by atoms with Crippen molar-refractivity contribution in [3.63, 3.8) is 0 Å². The van der Waals surface area contributed by atoms with Crippen LogP contribution in [0.25, 0.3) is 10.9 Å². The summed E-state index contributed by atoms with van der Waals surface area (Å²) in [4.78, 5) is 22.7. The van der Waals surface area contributed by atoms with Gasteiger partial charge in [-0.1, -0.05) is 11.6 Å². The molecule has 24 heavy (non-hydrogen) atoms. The number of carbonyl (C=O) groups is 1. The lowest BCUT2D eigenvalue weighted by molar-refractivity contribution is 0.0972. The van der Waals surface area contributed by atoms with Gasteiger partial charge in [-0.05, 0) is 18.2 Å². The number of aliphatic imine (C=N–C) groups is 1. The third kappa shape index (κ3) is 3.31. The van der Waals surface area contributed by atoms with E-state index in [1.54, 1.807) is 42.7 Å². The van der Waals surface area contributed by atoms with E-state index in [0.717, 1.165) is 0 Å². The zero-order valence-electron chi connectivity index (χ0n) is 12.7. The van der Waals surface area contributed by atoms with Gasteiger partial charge in [0.1, 0.15) is 17.2 Å². The molecule has 2 aromatic heterocycles. The van der Waals surface area contributed by atoms with Crippen LogP contribution in [0.3, 0.4) is 0 Å². The summed E-state index contributed by atoms with van der Waals surface area (Å²) in [5.41, 5.74) is 6.48. The molecule has 0 radical (unpaired) electrons. The number of ether oxygens (including phenoxy) is 1. The molecule has 7 nitrogen and oxygen atoms in total. The van der Waals surface area contributed by atoms with Crippen LogP contribution in [0, 0.1) is 0 Å². The molecule has 2 heterocycles. The van der Waals surface area contributed by atoms with Gasteiger partial charge in [-0.3, -0.25) is 20.1 Å². The average molecular weight is 344 g/mol. The Bertz CT molecular complexity index is 921.